The van der Waals surface area contributed by atoms with Crippen LogP contribution in [-0.2, 0) is 6.54 Å². The Hall–Kier alpha value is -2.86. The van der Waals surface area contributed by atoms with Crippen molar-refractivity contribution in [1.29, 1.82) is 0 Å². The van der Waals surface area contributed by atoms with Gasteiger partial charge in [-0.05, 0) is 48.9 Å². The zero-order chi connectivity index (χ0) is 18.8. The van der Waals surface area contributed by atoms with E-state index in [0.717, 1.165) is 26.9 Å². The van der Waals surface area contributed by atoms with Crippen LogP contribution in [0, 0.1) is 0 Å². The van der Waals surface area contributed by atoms with E-state index in [9.17, 15) is 4.79 Å². The molecule has 27 heavy (non-hydrogen) atoms. The number of carbonyl (C=O) groups is 1. The van der Waals surface area contributed by atoms with E-state index in [0.29, 0.717) is 6.54 Å². The SMILES string of the molecule is CC(NC(=O)c1ccco1)c1nc2ccccc2n1Cc1ccc(Br)cc1. The lowest BCUT2D eigenvalue weighted by molar-refractivity contribution is 0.0909. The van der Waals surface area contributed by atoms with Crippen LogP contribution in [0.15, 0.2) is 75.8 Å². The molecular weight excluding hydrogens is 406 g/mol. The Labute approximate surface area is 165 Å². The molecule has 1 atom stereocenters. The first-order valence-electron chi connectivity index (χ1n) is 8.66. The van der Waals surface area contributed by atoms with Crippen LogP contribution in [0.1, 0.15) is 34.9 Å². The van der Waals surface area contributed by atoms with Gasteiger partial charge in [0.25, 0.3) is 5.91 Å². The van der Waals surface area contributed by atoms with E-state index >= 15 is 0 Å². The number of aromatic nitrogens is 2. The molecule has 0 bridgehead atoms. The van der Waals surface area contributed by atoms with Crippen LogP contribution in [0.25, 0.3) is 11.0 Å². The van der Waals surface area contributed by atoms with Crippen molar-refractivity contribution in [3.05, 3.63) is 88.5 Å². The molecule has 2 heterocycles. The second kappa shape index (κ2) is 7.40. The summed E-state index contributed by atoms with van der Waals surface area (Å²) in [7, 11) is 0. The molecule has 0 spiro atoms. The van der Waals surface area contributed by atoms with Crippen LogP contribution in [0.3, 0.4) is 0 Å². The number of halogens is 1. The largest absolute Gasteiger partial charge is 0.459 e. The molecule has 136 valence electrons. The lowest BCUT2D eigenvalue weighted by Gasteiger charge is -2.16. The first-order chi connectivity index (χ1) is 13.1. The van der Waals surface area contributed by atoms with Gasteiger partial charge in [-0.15, -0.1) is 0 Å². The number of para-hydroxylation sites is 2. The Morgan fingerprint density at radius 2 is 1.93 bits per heavy atom. The molecule has 0 saturated carbocycles. The highest BCUT2D eigenvalue weighted by molar-refractivity contribution is 9.10. The molecule has 1 unspecified atom stereocenters. The molecule has 2 aromatic carbocycles. The van der Waals surface area contributed by atoms with Crippen molar-refractivity contribution >= 4 is 32.9 Å². The Balaban J connectivity index is 1.68. The standard InChI is InChI=1S/C21H18BrN3O2/c1-14(23-21(26)19-7-4-12-27-19)20-24-17-5-2-3-6-18(17)25(20)13-15-8-10-16(22)11-9-15/h2-12,14H,13H2,1H3,(H,23,26). The smallest absolute Gasteiger partial charge is 0.287 e. The fourth-order valence-electron chi connectivity index (χ4n) is 3.10. The molecule has 1 N–H and O–H groups in total. The van der Waals surface area contributed by atoms with E-state index in [1.54, 1.807) is 12.1 Å². The van der Waals surface area contributed by atoms with Crippen molar-refractivity contribution in [3.8, 4) is 0 Å². The van der Waals surface area contributed by atoms with Gasteiger partial charge in [-0.25, -0.2) is 4.98 Å². The Kier molecular flexibility index (Phi) is 4.81. The number of amides is 1. The third kappa shape index (κ3) is 3.66. The minimum atomic E-state index is -0.273. The first kappa shape index (κ1) is 17.5. The third-order valence-electron chi connectivity index (χ3n) is 4.42. The summed E-state index contributed by atoms with van der Waals surface area (Å²) in [6.07, 6.45) is 1.49. The number of benzene rings is 2. The topological polar surface area (TPSA) is 60.1 Å². The van der Waals surface area contributed by atoms with Gasteiger partial charge in [0.15, 0.2) is 5.76 Å². The van der Waals surface area contributed by atoms with Crippen molar-refractivity contribution in [2.45, 2.75) is 19.5 Å². The fourth-order valence-corrected chi connectivity index (χ4v) is 3.37. The van der Waals surface area contributed by atoms with Crippen molar-refractivity contribution in [1.82, 2.24) is 14.9 Å². The molecule has 0 aliphatic heterocycles. The number of imidazole rings is 1. The van der Waals surface area contributed by atoms with Crippen molar-refractivity contribution < 1.29 is 9.21 Å². The van der Waals surface area contributed by atoms with Crippen LogP contribution in [0.2, 0.25) is 0 Å². The highest BCUT2D eigenvalue weighted by Gasteiger charge is 2.20. The predicted molar refractivity (Wildman–Crippen MR) is 108 cm³/mol. The molecule has 0 fully saturated rings. The molecule has 2 aromatic heterocycles. The molecule has 1 amide bonds. The number of rotatable bonds is 5. The number of hydrogen-bond donors (Lipinski definition) is 1. The molecule has 6 heteroatoms. The van der Waals surface area contributed by atoms with E-state index in [1.807, 2.05) is 43.3 Å². The average molecular weight is 424 g/mol. The summed E-state index contributed by atoms with van der Waals surface area (Å²) in [5, 5.41) is 2.97. The minimum absolute atomic E-state index is 0.255. The van der Waals surface area contributed by atoms with Crippen molar-refractivity contribution in [2.75, 3.05) is 0 Å². The number of nitrogens with one attached hydrogen (secondary N) is 1. The molecule has 0 radical (unpaired) electrons. The molecule has 0 aliphatic rings. The fraction of sp³-hybridized carbons (Fsp3) is 0.143. The van der Waals surface area contributed by atoms with Crippen LogP contribution >= 0.6 is 15.9 Å². The van der Waals surface area contributed by atoms with Gasteiger partial charge in [0.1, 0.15) is 5.82 Å². The van der Waals surface area contributed by atoms with Gasteiger partial charge in [-0.3, -0.25) is 4.79 Å². The predicted octanol–water partition coefficient (Wildman–Crippen LogP) is 4.93. The summed E-state index contributed by atoms with van der Waals surface area (Å²) < 4.78 is 8.37. The number of hydrogen-bond acceptors (Lipinski definition) is 3. The van der Waals surface area contributed by atoms with Gasteiger partial charge < -0.3 is 14.3 Å². The number of nitrogens with zero attached hydrogens (tertiary/aromatic N) is 2. The summed E-state index contributed by atoms with van der Waals surface area (Å²) in [5.74, 6) is 0.839. The van der Waals surface area contributed by atoms with Gasteiger partial charge >= 0.3 is 0 Å². The Bertz CT molecular complexity index is 1070. The number of carbonyl (C=O) groups excluding carboxylic acids is 1. The summed E-state index contributed by atoms with van der Waals surface area (Å²) >= 11 is 3.47. The Morgan fingerprint density at radius 1 is 1.15 bits per heavy atom. The van der Waals surface area contributed by atoms with E-state index in [1.165, 1.54) is 6.26 Å². The second-order valence-corrected chi connectivity index (χ2v) is 7.26. The number of furan rings is 1. The lowest BCUT2D eigenvalue weighted by Crippen LogP contribution is -2.28. The average Bonchev–Trinajstić information content (AvgIpc) is 3.32. The van der Waals surface area contributed by atoms with Crippen LogP contribution in [0.5, 0.6) is 0 Å². The highest BCUT2D eigenvalue weighted by atomic mass is 79.9. The molecule has 4 rings (SSSR count). The normalized spacial score (nSPS) is 12.2. The minimum Gasteiger partial charge on any atom is -0.459 e. The zero-order valence-corrected chi connectivity index (χ0v) is 16.3. The quantitative estimate of drug-likeness (QED) is 0.494. The lowest BCUT2D eigenvalue weighted by atomic mass is 10.2. The summed E-state index contributed by atoms with van der Waals surface area (Å²) in [6, 6.07) is 19.3. The zero-order valence-electron chi connectivity index (χ0n) is 14.7. The maximum absolute atomic E-state index is 12.4. The van der Waals surface area contributed by atoms with Crippen LogP contribution in [0.4, 0.5) is 0 Å². The third-order valence-corrected chi connectivity index (χ3v) is 4.95. The Morgan fingerprint density at radius 3 is 2.67 bits per heavy atom. The second-order valence-electron chi connectivity index (χ2n) is 6.34. The summed E-state index contributed by atoms with van der Waals surface area (Å²) in [4.78, 5) is 17.1. The van der Waals surface area contributed by atoms with E-state index in [4.69, 9.17) is 9.40 Å². The van der Waals surface area contributed by atoms with Gasteiger partial charge in [0.05, 0.1) is 23.3 Å². The first-order valence-corrected chi connectivity index (χ1v) is 9.45. The maximum Gasteiger partial charge on any atom is 0.287 e. The van der Waals surface area contributed by atoms with E-state index in [2.05, 4.69) is 37.9 Å². The summed E-state index contributed by atoms with van der Waals surface area (Å²) in [5.41, 5.74) is 3.10. The number of fused-ring (bicyclic) bond motifs is 1. The molecular formula is C21H18BrN3O2. The summed E-state index contributed by atoms with van der Waals surface area (Å²) in [6.45, 7) is 2.60. The van der Waals surface area contributed by atoms with Gasteiger partial charge in [0.2, 0.25) is 0 Å². The van der Waals surface area contributed by atoms with Crippen LogP contribution in [-0.4, -0.2) is 15.5 Å². The van der Waals surface area contributed by atoms with E-state index in [-0.39, 0.29) is 17.7 Å². The molecule has 4 aromatic rings. The van der Waals surface area contributed by atoms with Gasteiger partial charge in [-0.1, -0.05) is 40.2 Å². The highest BCUT2D eigenvalue weighted by Crippen LogP contribution is 2.23. The van der Waals surface area contributed by atoms with Crippen molar-refractivity contribution in [3.63, 3.8) is 0 Å². The van der Waals surface area contributed by atoms with Gasteiger partial charge in [-0.2, -0.15) is 0 Å². The van der Waals surface area contributed by atoms with Crippen LogP contribution < -0.4 is 5.32 Å². The maximum atomic E-state index is 12.4. The molecule has 0 saturated heterocycles. The molecule has 5 nitrogen and oxygen atoms in total. The monoisotopic (exact) mass is 423 g/mol. The van der Waals surface area contributed by atoms with Crippen molar-refractivity contribution in [2.24, 2.45) is 0 Å². The van der Waals surface area contributed by atoms with Gasteiger partial charge in [0, 0.05) is 11.0 Å². The molecule has 0 aliphatic carbocycles. The van der Waals surface area contributed by atoms with E-state index < -0.39 is 0 Å².